The molecule has 1 aromatic heterocycles. The van der Waals surface area contributed by atoms with Crippen LogP contribution in [0.1, 0.15) is 40.0 Å². The van der Waals surface area contributed by atoms with Gasteiger partial charge in [-0.3, -0.25) is 0 Å². The van der Waals surface area contributed by atoms with Crippen LogP contribution in [0.3, 0.4) is 0 Å². The molecule has 1 aromatic rings. The standard InChI is InChI=1S/C11H19ClN4/c1-4-11(5-2,6-3)16-9-8(13)7-14-10(12)15-9/h7H,4-6,13H2,1-3H3,(H,14,15,16). The zero-order chi connectivity index (χ0) is 12.2. The first-order chi connectivity index (χ1) is 7.56. The molecule has 0 aliphatic heterocycles. The number of nitrogens with two attached hydrogens (primary N) is 1. The van der Waals surface area contributed by atoms with E-state index in [1.54, 1.807) is 0 Å². The molecule has 0 fully saturated rings. The SMILES string of the molecule is CCC(CC)(CC)Nc1nc(Cl)ncc1N. The first-order valence-electron chi connectivity index (χ1n) is 5.63. The van der Waals surface area contributed by atoms with E-state index in [1.807, 2.05) is 0 Å². The fraction of sp³-hybridized carbons (Fsp3) is 0.636. The number of hydrogen-bond donors (Lipinski definition) is 2. The summed E-state index contributed by atoms with van der Waals surface area (Å²) < 4.78 is 0. The summed E-state index contributed by atoms with van der Waals surface area (Å²) in [5.74, 6) is 0.630. The van der Waals surface area contributed by atoms with Crippen LogP contribution >= 0.6 is 11.6 Å². The number of aromatic nitrogens is 2. The Morgan fingerprint density at radius 3 is 2.38 bits per heavy atom. The number of nitrogen functional groups attached to an aromatic ring is 1. The second-order valence-corrected chi connectivity index (χ2v) is 4.25. The van der Waals surface area contributed by atoms with Crippen molar-refractivity contribution in [3.8, 4) is 0 Å². The highest BCUT2D eigenvalue weighted by Crippen LogP contribution is 2.27. The first-order valence-corrected chi connectivity index (χ1v) is 6.01. The van der Waals surface area contributed by atoms with E-state index in [0.717, 1.165) is 19.3 Å². The van der Waals surface area contributed by atoms with Crippen molar-refractivity contribution >= 4 is 23.1 Å². The number of anilines is 2. The molecular formula is C11H19ClN4. The quantitative estimate of drug-likeness (QED) is 0.779. The molecule has 16 heavy (non-hydrogen) atoms. The van der Waals surface area contributed by atoms with Crippen molar-refractivity contribution in [3.05, 3.63) is 11.5 Å². The van der Waals surface area contributed by atoms with E-state index >= 15 is 0 Å². The van der Waals surface area contributed by atoms with Crippen molar-refractivity contribution in [2.75, 3.05) is 11.1 Å². The average molecular weight is 243 g/mol. The van der Waals surface area contributed by atoms with Crippen LogP contribution < -0.4 is 11.1 Å². The highest BCUT2D eigenvalue weighted by Gasteiger charge is 2.24. The Bertz CT molecular complexity index is 342. The summed E-state index contributed by atoms with van der Waals surface area (Å²) in [5.41, 5.74) is 6.38. The minimum atomic E-state index is 0.0335. The Hall–Kier alpha value is -1.03. The molecule has 0 amide bonds. The summed E-state index contributed by atoms with van der Waals surface area (Å²) in [6.45, 7) is 6.46. The van der Waals surface area contributed by atoms with Crippen LogP contribution in [0.5, 0.6) is 0 Å². The van der Waals surface area contributed by atoms with Gasteiger partial charge >= 0.3 is 0 Å². The van der Waals surface area contributed by atoms with E-state index < -0.39 is 0 Å². The Labute approximate surface area is 102 Å². The monoisotopic (exact) mass is 242 g/mol. The van der Waals surface area contributed by atoms with Gasteiger partial charge in [0.25, 0.3) is 0 Å². The second kappa shape index (κ2) is 5.34. The molecule has 5 heteroatoms. The fourth-order valence-corrected chi connectivity index (χ4v) is 1.87. The third-order valence-electron chi connectivity index (χ3n) is 3.20. The highest BCUT2D eigenvalue weighted by molar-refractivity contribution is 6.28. The van der Waals surface area contributed by atoms with E-state index in [2.05, 4.69) is 36.1 Å². The Morgan fingerprint density at radius 1 is 1.31 bits per heavy atom. The lowest BCUT2D eigenvalue weighted by atomic mass is 9.90. The minimum absolute atomic E-state index is 0.0335. The van der Waals surface area contributed by atoms with Crippen molar-refractivity contribution in [2.45, 2.75) is 45.6 Å². The molecule has 0 saturated carbocycles. The predicted octanol–water partition coefficient (Wildman–Crippen LogP) is 3.09. The first kappa shape index (κ1) is 13.0. The summed E-state index contributed by atoms with van der Waals surface area (Å²) in [7, 11) is 0. The van der Waals surface area contributed by atoms with Gasteiger partial charge in [0, 0.05) is 5.54 Å². The molecule has 0 radical (unpaired) electrons. The van der Waals surface area contributed by atoms with Gasteiger partial charge in [0.15, 0.2) is 5.82 Å². The fourth-order valence-electron chi connectivity index (χ4n) is 1.74. The molecule has 4 nitrogen and oxygen atoms in total. The summed E-state index contributed by atoms with van der Waals surface area (Å²) in [6.07, 6.45) is 4.58. The van der Waals surface area contributed by atoms with Gasteiger partial charge in [-0.1, -0.05) is 20.8 Å². The van der Waals surface area contributed by atoms with Gasteiger partial charge in [0.1, 0.15) is 0 Å². The van der Waals surface area contributed by atoms with Crippen molar-refractivity contribution in [2.24, 2.45) is 0 Å². The Balaban J connectivity index is 2.97. The average Bonchev–Trinajstić information content (AvgIpc) is 2.31. The lowest BCUT2D eigenvalue weighted by Gasteiger charge is -2.32. The predicted molar refractivity (Wildman–Crippen MR) is 68.7 cm³/mol. The van der Waals surface area contributed by atoms with Crippen LogP contribution in [0.2, 0.25) is 5.28 Å². The maximum atomic E-state index is 5.81. The van der Waals surface area contributed by atoms with Crippen LogP contribution in [0.25, 0.3) is 0 Å². The molecular weight excluding hydrogens is 224 g/mol. The van der Waals surface area contributed by atoms with Crippen LogP contribution in [0.15, 0.2) is 6.20 Å². The molecule has 0 aliphatic carbocycles. The van der Waals surface area contributed by atoms with Crippen molar-refractivity contribution < 1.29 is 0 Å². The summed E-state index contributed by atoms with van der Waals surface area (Å²) in [5, 5.41) is 3.61. The lowest BCUT2D eigenvalue weighted by Crippen LogP contribution is -2.36. The van der Waals surface area contributed by atoms with E-state index in [4.69, 9.17) is 17.3 Å². The minimum Gasteiger partial charge on any atom is -0.394 e. The molecule has 90 valence electrons. The lowest BCUT2D eigenvalue weighted by molar-refractivity contribution is 0.419. The van der Waals surface area contributed by atoms with Gasteiger partial charge in [-0.25, -0.2) is 4.98 Å². The zero-order valence-corrected chi connectivity index (χ0v) is 10.8. The third-order valence-corrected chi connectivity index (χ3v) is 3.38. The van der Waals surface area contributed by atoms with E-state index in [-0.39, 0.29) is 10.8 Å². The third kappa shape index (κ3) is 2.76. The summed E-state index contributed by atoms with van der Waals surface area (Å²) in [4.78, 5) is 7.96. The van der Waals surface area contributed by atoms with Gasteiger partial charge in [0.2, 0.25) is 5.28 Å². The molecule has 0 saturated heterocycles. The number of nitrogens with zero attached hydrogens (tertiary/aromatic N) is 2. The van der Waals surface area contributed by atoms with Crippen LogP contribution in [0, 0.1) is 0 Å². The van der Waals surface area contributed by atoms with Crippen LogP contribution in [0.4, 0.5) is 11.5 Å². The van der Waals surface area contributed by atoms with Crippen molar-refractivity contribution in [1.82, 2.24) is 9.97 Å². The molecule has 0 spiro atoms. The van der Waals surface area contributed by atoms with Crippen molar-refractivity contribution in [1.29, 1.82) is 0 Å². The van der Waals surface area contributed by atoms with Gasteiger partial charge in [0.05, 0.1) is 11.9 Å². The van der Waals surface area contributed by atoms with Gasteiger partial charge in [-0.05, 0) is 30.9 Å². The van der Waals surface area contributed by atoms with E-state index in [1.165, 1.54) is 6.20 Å². The van der Waals surface area contributed by atoms with Gasteiger partial charge in [-0.2, -0.15) is 4.98 Å². The molecule has 0 atom stereocenters. The largest absolute Gasteiger partial charge is 0.394 e. The molecule has 0 aliphatic rings. The maximum absolute atomic E-state index is 5.81. The van der Waals surface area contributed by atoms with Crippen LogP contribution in [-0.2, 0) is 0 Å². The highest BCUT2D eigenvalue weighted by atomic mass is 35.5. The Kier molecular flexibility index (Phi) is 4.35. The van der Waals surface area contributed by atoms with E-state index in [9.17, 15) is 0 Å². The number of hydrogen-bond acceptors (Lipinski definition) is 4. The smallest absolute Gasteiger partial charge is 0.224 e. The molecule has 3 N–H and O–H groups in total. The van der Waals surface area contributed by atoms with Gasteiger partial charge in [-0.15, -0.1) is 0 Å². The van der Waals surface area contributed by atoms with Crippen molar-refractivity contribution in [3.63, 3.8) is 0 Å². The Morgan fingerprint density at radius 2 is 1.88 bits per heavy atom. The van der Waals surface area contributed by atoms with Gasteiger partial charge < -0.3 is 11.1 Å². The number of nitrogens with one attached hydrogen (secondary N) is 1. The molecule has 0 unspecified atom stereocenters. The maximum Gasteiger partial charge on any atom is 0.224 e. The second-order valence-electron chi connectivity index (χ2n) is 3.91. The summed E-state index contributed by atoms with van der Waals surface area (Å²) >= 11 is 5.76. The molecule has 0 bridgehead atoms. The zero-order valence-electron chi connectivity index (χ0n) is 10.0. The molecule has 1 rings (SSSR count). The normalized spacial score (nSPS) is 11.5. The number of halogens is 1. The molecule has 1 heterocycles. The summed E-state index contributed by atoms with van der Waals surface area (Å²) in [6, 6.07) is 0. The number of rotatable bonds is 5. The molecule has 0 aromatic carbocycles. The van der Waals surface area contributed by atoms with E-state index in [0.29, 0.717) is 11.5 Å². The topological polar surface area (TPSA) is 63.8 Å². The van der Waals surface area contributed by atoms with Crippen LogP contribution in [-0.4, -0.2) is 15.5 Å².